The van der Waals surface area contributed by atoms with E-state index in [2.05, 4.69) is 26.2 Å². The SMILES string of the molecule is Cc1cccc(CNCc2ccc(Br)cc2[N+](=O)[O-])n1. The standard InChI is InChI=1S/C14H14BrN3O2/c1-10-3-2-4-13(17-10)9-16-8-11-5-6-12(15)7-14(11)18(19)20/h2-7,16H,8-9H2,1H3. The van der Waals surface area contributed by atoms with Gasteiger partial charge in [-0.05, 0) is 31.2 Å². The van der Waals surface area contributed by atoms with Gasteiger partial charge in [-0.3, -0.25) is 15.1 Å². The number of aryl methyl sites for hydroxylation is 1. The van der Waals surface area contributed by atoms with Crippen LogP contribution in [-0.2, 0) is 13.1 Å². The van der Waals surface area contributed by atoms with Gasteiger partial charge < -0.3 is 5.32 Å². The van der Waals surface area contributed by atoms with Crippen molar-refractivity contribution in [3.63, 3.8) is 0 Å². The third kappa shape index (κ3) is 3.85. The molecule has 0 aliphatic heterocycles. The van der Waals surface area contributed by atoms with Gasteiger partial charge in [0.15, 0.2) is 0 Å². The minimum Gasteiger partial charge on any atom is -0.307 e. The number of hydrogen-bond donors (Lipinski definition) is 1. The average molecular weight is 336 g/mol. The van der Waals surface area contributed by atoms with Crippen molar-refractivity contribution in [3.8, 4) is 0 Å². The molecule has 104 valence electrons. The molecule has 0 saturated carbocycles. The molecule has 5 nitrogen and oxygen atoms in total. The van der Waals surface area contributed by atoms with Crippen LogP contribution in [0, 0.1) is 17.0 Å². The maximum Gasteiger partial charge on any atom is 0.275 e. The van der Waals surface area contributed by atoms with Crippen molar-refractivity contribution in [2.24, 2.45) is 0 Å². The van der Waals surface area contributed by atoms with Crippen LogP contribution in [0.1, 0.15) is 17.0 Å². The highest BCUT2D eigenvalue weighted by molar-refractivity contribution is 9.10. The molecule has 1 aromatic carbocycles. The van der Waals surface area contributed by atoms with E-state index in [4.69, 9.17) is 0 Å². The van der Waals surface area contributed by atoms with Crippen molar-refractivity contribution >= 4 is 21.6 Å². The van der Waals surface area contributed by atoms with E-state index in [0.717, 1.165) is 11.4 Å². The average Bonchev–Trinajstić information content (AvgIpc) is 2.40. The highest BCUT2D eigenvalue weighted by Crippen LogP contribution is 2.23. The first-order chi connectivity index (χ1) is 9.56. The fraction of sp³-hybridized carbons (Fsp3) is 0.214. The first kappa shape index (κ1) is 14.6. The van der Waals surface area contributed by atoms with Gasteiger partial charge in [-0.2, -0.15) is 0 Å². The maximum absolute atomic E-state index is 11.0. The van der Waals surface area contributed by atoms with Crippen molar-refractivity contribution in [3.05, 3.63) is 67.9 Å². The lowest BCUT2D eigenvalue weighted by molar-refractivity contribution is -0.385. The smallest absolute Gasteiger partial charge is 0.275 e. The van der Waals surface area contributed by atoms with Crippen molar-refractivity contribution in [1.29, 1.82) is 0 Å². The van der Waals surface area contributed by atoms with Gasteiger partial charge in [0.25, 0.3) is 5.69 Å². The van der Waals surface area contributed by atoms with Crippen molar-refractivity contribution in [2.75, 3.05) is 0 Å². The van der Waals surface area contributed by atoms with E-state index in [-0.39, 0.29) is 10.6 Å². The number of halogens is 1. The summed E-state index contributed by atoms with van der Waals surface area (Å²) in [5.74, 6) is 0. The summed E-state index contributed by atoms with van der Waals surface area (Å²) in [4.78, 5) is 15.0. The molecule has 1 N–H and O–H groups in total. The molecule has 0 radical (unpaired) electrons. The molecule has 1 aromatic heterocycles. The number of nitrogens with one attached hydrogen (secondary N) is 1. The van der Waals surface area contributed by atoms with Crippen molar-refractivity contribution < 1.29 is 4.92 Å². The highest BCUT2D eigenvalue weighted by Gasteiger charge is 2.13. The molecule has 0 atom stereocenters. The van der Waals surface area contributed by atoms with Crippen LogP contribution in [0.5, 0.6) is 0 Å². The largest absolute Gasteiger partial charge is 0.307 e. The number of nitro groups is 1. The van der Waals surface area contributed by atoms with E-state index < -0.39 is 0 Å². The number of nitro benzene ring substituents is 1. The Bertz CT molecular complexity index is 632. The Balaban J connectivity index is 2.02. The molecule has 20 heavy (non-hydrogen) atoms. The summed E-state index contributed by atoms with van der Waals surface area (Å²) in [6.07, 6.45) is 0. The summed E-state index contributed by atoms with van der Waals surface area (Å²) in [5, 5.41) is 14.2. The molecule has 2 rings (SSSR count). The Kier molecular flexibility index (Phi) is 4.81. The molecule has 0 unspecified atom stereocenters. The van der Waals surface area contributed by atoms with Crippen LogP contribution < -0.4 is 5.32 Å². The van der Waals surface area contributed by atoms with Gasteiger partial charge in [-0.25, -0.2) is 0 Å². The lowest BCUT2D eigenvalue weighted by Gasteiger charge is -2.06. The van der Waals surface area contributed by atoms with Crippen LogP contribution >= 0.6 is 15.9 Å². The fourth-order valence-electron chi connectivity index (χ4n) is 1.88. The quantitative estimate of drug-likeness (QED) is 0.672. The molecule has 0 amide bonds. The van der Waals surface area contributed by atoms with E-state index in [1.54, 1.807) is 12.1 Å². The summed E-state index contributed by atoms with van der Waals surface area (Å²) in [6.45, 7) is 2.94. The molecule has 1 heterocycles. The lowest BCUT2D eigenvalue weighted by atomic mass is 10.2. The molecule has 0 bridgehead atoms. The van der Waals surface area contributed by atoms with E-state index in [9.17, 15) is 10.1 Å². The number of benzene rings is 1. The molecule has 0 fully saturated rings. The Morgan fingerprint density at radius 2 is 2.10 bits per heavy atom. The van der Waals surface area contributed by atoms with Crippen LogP contribution in [-0.4, -0.2) is 9.91 Å². The molecule has 0 saturated heterocycles. The topological polar surface area (TPSA) is 68.1 Å². The normalized spacial score (nSPS) is 10.5. The zero-order chi connectivity index (χ0) is 14.5. The zero-order valence-electron chi connectivity index (χ0n) is 11.0. The lowest BCUT2D eigenvalue weighted by Crippen LogP contribution is -2.14. The third-order valence-electron chi connectivity index (χ3n) is 2.81. The number of nitrogens with zero attached hydrogens (tertiary/aromatic N) is 2. The monoisotopic (exact) mass is 335 g/mol. The van der Waals surface area contributed by atoms with Crippen LogP contribution in [0.2, 0.25) is 0 Å². The van der Waals surface area contributed by atoms with Crippen LogP contribution in [0.4, 0.5) is 5.69 Å². The Morgan fingerprint density at radius 1 is 1.30 bits per heavy atom. The minimum atomic E-state index is -0.368. The van der Waals surface area contributed by atoms with E-state index in [1.807, 2.05) is 25.1 Å². The second-order valence-corrected chi connectivity index (χ2v) is 5.32. The second-order valence-electron chi connectivity index (χ2n) is 4.40. The summed E-state index contributed by atoms with van der Waals surface area (Å²) in [7, 11) is 0. The number of rotatable bonds is 5. The van der Waals surface area contributed by atoms with Crippen molar-refractivity contribution in [2.45, 2.75) is 20.0 Å². The molecule has 2 aromatic rings. The Labute approximate surface area is 125 Å². The zero-order valence-corrected chi connectivity index (χ0v) is 12.6. The van der Waals surface area contributed by atoms with Crippen LogP contribution in [0.25, 0.3) is 0 Å². The minimum absolute atomic E-state index is 0.115. The van der Waals surface area contributed by atoms with Crippen LogP contribution in [0.15, 0.2) is 40.9 Å². The Morgan fingerprint density at radius 3 is 2.80 bits per heavy atom. The van der Waals surface area contributed by atoms with Gasteiger partial charge in [-0.15, -0.1) is 0 Å². The maximum atomic E-state index is 11.0. The van der Waals surface area contributed by atoms with Gasteiger partial charge in [0, 0.05) is 34.9 Å². The summed E-state index contributed by atoms with van der Waals surface area (Å²) >= 11 is 3.24. The van der Waals surface area contributed by atoms with E-state index in [0.29, 0.717) is 23.1 Å². The number of aromatic nitrogens is 1. The van der Waals surface area contributed by atoms with Gasteiger partial charge >= 0.3 is 0 Å². The first-order valence-corrected chi connectivity index (χ1v) is 6.91. The van der Waals surface area contributed by atoms with Crippen LogP contribution in [0.3, 0.4) is 0 Å². The fourth-order valence-corrected chi connectivity index (χ4v) is 2.23. The van der Waals surface area contributed by atoms with E-state index >= 15 is 0 Å². The van der Waals surface area contributed by atoms with Gasteiger partial charge in [0.2, 0.25) is 0 Å². The van der Waals surface area contributed by atoms with Gasteiger partial charge in [-0.1, -0.05) is 22.0 Å². The second kappa shape index (κ2) is 6.58. The molecule has 0 aliphatic carbocycles. The highest BCUT2D eigenvalue weighted by atomic mass is 79.9. The summed E-state index contributed by atoms with van der Waals surface area (Å²) < 4.78 is 0.702. The summed E-state index contributed by atoms with van der Waals surface area (Å²) in [6, 6.07) is 10.9. The Hall–Kier alpha value is -1.79. The molecule has 6 heteroatoms. The molecule has 0 aliphatic rings. The molecular weight excluding hydrogens is 322 g/mol. The molecular formula is C14H14BrN3O2. The predicted octanol–water partition coefficient (Wildman–Crippen LogP) is 3.35. The predicted molar refractivity (Wildman–Crippen MR) is 80.3 cm³/mol. The third-order valence-corrected chi connectivity index (χ3v) is 3.30. The molecule has 0 spiro atoms. The first-order valence-electron chi connectivity index (χ1n) is 6.12. The number of pyridine rings is 1. The van der Waals surface area contributed by atoms with Gasteiger partial charge in [0.05, 0.1) is 10.6 Å². The van der Waals surface area contributed by atoms with Gasteiger partial charge in [0.1, 0.15) is 0 Å². The number of hydrogen-bond acceptors (Lipinski definition) is 4. The van der Waals surface area contributed by atoms with Crippen molar-refractivity contribution in [1.82, 2.24) is 10.3 Å². The summed E-state index contributed by atoms with van der Waals surface area (Å²) in [5.41, 5.74) is 2.65. The van der Waals surface area contributed by atoms with E-state index in [1.165, 1.54) is 6.07 Å².